The van der Waals surface area contributed by atoms with Crippen molar-refractivity contribution in [3.63, 3.8) is 0 Å². The minimum atomic E-state index is -0.446. The van der Waals surface area contributed by atoms with Gasteiger partial charge in [0, 0.05) is 19.1 Å². The third-order valence-corrected chi connectivity index (χ3v) is 4.09. The highest BCUT2D eigenvalue weighted by atomic mass is 19.1. The first-order chi connectivity index (χ1) is 9.28. The number of rotatable bonds is 4. The number of hydrogen-bond donors (Lipinski definition) is 1. The van der Waals surface area contributed by atoms with E-state index in [1.54, 1.807) is 12.1 Å². The lowest BCUT2D eigenvalue weighted by molar-refractivity contribution is 0.316. The fourth-order valence-corrected chi connectivity index (χ4v) is 2.84. The van der Waals surface area contributed by atoms with Crippen LogP contribution in [0.3, 0.4) is 0 Å². The molecule has 0 aromatic heterocycles. The predicted molar refractivity (Wildman–Crippen MR) is 72.3 cm³/mol. The molecular formula is C15H18FN3. The van der Waals surface area contributed by atoms with Crippen molar-refractivity contribution < 1.29 is 4.39 Å². The fourth-order valence-electron chi connectivity index (χ4n) is 2.84. The van der Waals surface area contributed by atoms with E-state index in [-0.39, 0.29) is 5.56 Å². The summed E-state index contributed by atoms with van der Waals surface area (Å²) in [7, 11) is 0. The molecule has 1 N–H and O–H groups in total. The molecule has 1 saturated heterocycles. The fraction of sp³-hybridized carbons (Fsp3) is 0.533. The zero-order valence-electron chi connectivity index (χ0n) is 10.9. The third kappa shape index (κ3) is 2.71. The SMILES string of the molecule is N#Cc1c(F)cccc1NCC1CCN(C2CC2)C1. The molecule has 3 nitrogen and oxygen atoms in total. The van der Waals surface area contributed by atoms with Gasteiger partial charge < -0.3 is 10.2 Å². The Labute approximate surface area is 113 Å². The van der Waals surface area contributed by atoms with Gasteiger partial charge in [-0.3, -0.25) is 0 Å². The number of nitrogens with zero attached hydrogens (tertiary/aromatic N) is 2. The van der Waals surface area contributed by atoms with Crippen molar-refractivity contribution in [2.24, 2.45) is 5.92 Å². The topological polar surface area (TPSA) is 39.1 Å². The second-order valence-corrected chi connectivity index (χ2v) is 5.54. The molecule has 2 aliphatic rings. The maximum Gasteiger partial charge on any atom is 0.143 e. The van der Waals surface area contributed by atoms with Crippen LogP contribution < -0.4 is 5.32 Å². The molecule has 1 saturated carbocycles. The largest absolute Gasteiger partial charge is 0.384 e. The number of likely N-dealkylation sites (tertiary alicyclic amines) is 1. The summed E-state index contributed by atoms with van der Waals surface area (Å²) in [5, 5.41) is 12.2. The maximum atomic E-state index is 13.5. The van der Waals surface area contributed by atoms with Crippen LogP contribution in [-0.4, -0.2) is 30.6 Å². The van der Waals surface area contributed by atoms with Crippen LogP contribution in [0.15, 0.2) is 18.2 Å². The van der Waals surface area contributed by atoms with E-state index in [4.69, 9.17) is 5.26 Å². The maximum absolute atomic E-state index is 13.5. The Morgan fingerprint density at radius 3 is 2.95 bits per heavy atom. The molecule has 1 aliphatic heterocycles. The highest BCUT2D eigenvalue weighted by molar-refractivity contribution is 5.57. The van der Waals surface area contributed by atoms with Gasteiger partial charge in [-0.25, -0.2) is 4.39 Å². The van der Waals surface area contributed by atoms with E-state index in [0.29, 0.717) is 11.6 Å². The molecule has 3 rings (SSSR count). The molecule has 0 amide bonds. The summed E-state index contributed by atoms with van der Waals surface area (Å²) < 4.78 is 13.5. The lowest BCUT2D eigenvalue weighted by Gasteiger charge is -2.16. The molecule has 1 aromatic rings. The second-order valence-electron chi connectivity index (χ2n) is 5.54. The number of benzene rings is 1. The summed E-state index contributed by atoms with van der Waals surface area (Å²) >= 11 is 0. The van der Waals surface area contributed by atoms with Gasteiger partial charge in [-0.1, -0.05) is 6.07 Å². The van der Waals surface area contributed by atoms with Gasteiger partial charge in [-0.05, 0) is 43.9 Å². The van der Waals surface area contributed by atoms with Gasteiger partial charge in [-0.15, -0.1) is 0 Å². The lowest BCUT2D eigenvalue weighted by Crippen LogP contribution is -2.24. The number of hydrogen-bond acceptors (Lipinski definition) is 3. The normalized spacial score (nSPS) is 23.3. The third-order valence-electron chi connectivity index (χ3n) is 4.09. The van der Waals surface area contributed by atoms with Crippen LogP contribution in [0.25, 0.3) is 0 Å². The Balaban J connectivity index is 1.58. The predicted octanol–water partition coefficient (Wildman–Crippen LogP) is 2.59. The van der Waals surface area contributed by atoms with Gasteiger partial charge in [0.2, 0.25) is 0 Å². The molecule has 0 radical (unpaired) electrons. The van der Waals surface area contributed by atoms with E-state index in [1.165, 1.54) is 31.9 Å². The summed E-state index contributed by atoms with van der Waals surface area (Å²) in [6.45, 7) is 3.14. The van der Waals surface area contributed by atoms with Crippen molar-refractivity contribution in [3.05, 3.63) is 29.6 Å². The van der Waals surface area contributed by atoms with E-state index < -0.39 is 5.82 Å². The Hall–Kier alpha value is -1.60. The number of nitriles is 1. The summed E-state index contributed by atoms with van der Waals surface area (Å²) in [6.07, 6.45) is 3.89. The minimum Gasteiger partial charge on any atom is -0.384 e. The van der Waals surface area contributed by atoms with Gasteiger partial charge >= 0.3 is 0 Å². The Kier molecular flexibility index (Phi) is 3.39. The smallest absolute Gasteiger partial charge is 0.143 e. The van der Waals surface area contributed by atoms with E-state index in [2.05, 4.69) is 10.2 Å². The summed E-state index contributed by atoms with van der Waals surface area (Å²) in [5.74, 6) is 0.161. The lowest BCUT2D eigenvalue weighted by atomic mass is 10.1. The first kappa shape index (κ1) is 12.4. The highest BCUT2D eigenvalue weighted by Crippen LogP contribution is 2.31. The standard InChI is InChI=1S/C15H18FN3/c16-14-2-1-3-15(13(14)8-17)18-9-11-6-7-19(10-11)12-4-5-12/h1-3,11-12,18H,4-7,9-10H2. The molecule has 1 aliphatic carbocycles. The van der Waals surface area contributed by atoms with Gasteiger partial charge in [0.05, 0.1) is 5.69 Å². The second kappa shape index (κ2) is 5.18. The Morgan fingerprint density at radius 2 is 2.21 bits per heavy atom. The molecule has 19 heavy (non-hydrogen) atoms. The van der Waals surface area contributed by atoms with Crippen LogP contribution in [-0.2, 0) is 0 Å². The van der Waals surface area contributed by atoms with Gasteiger partial charge in [0.25, 0.3) is 0 Å². The van der Waals surface area contributed by atoms with Crippen LogP contribution in [0.2, 0.25) is 0 Å². The van der Waals surface area contributed by atoms with Crippen LogP contribution >= 0.6 is 0 Å². The first-order valence-electron chi connectivity index (χ1n) is 6.94. The molecule has 100 valence electrons. The number of halogens is 1. The summed E-state index contributed by atoms with van der Waals surface area (Å²) in [4.78, 5) is 2.56. The van der Waals surface area contributed by atoms with Crippen LogP contribution in [0, 0.1) is 23.1 Å². The summed E-state index contributed by atoms with van der Waals surface area (Å²) in [6, 6.07) is 7.50. The van der Waals surface area contributed by atoms with Crippen LogP contribution in [0.5, 0.6) is 0 Å². The minimum absolute atomic E-state index is 0.125. The average molecular weight is 259 g/mol. The van der Waals surface area contributed by atoms with Gasteiger partial charge in [0.15, 0.2) is 0 Å². The molecule has 1 aromatic carbocycles. The average Bonchev–Trinajstić information content (AvgIpc) is 3.16. The molecule has 0 spiro atoms. The summed E-state index contributed by atoms with van der Waals surface area (Å²) in [5.41, 5.74) is 0.743. The van der Waals surface area contributed by atoms with Crippen molar-refractivity contribution in [1.82, 2.24) is 4.90 Å². The van der Waals surface area contributed by atoms with Crippen LogP contribution in [0.4, 0.5) is 10.1 Å². The van der Waals surface area contributed by atoms with Gasteiger partial charge in [0.1, 0.15) is 17.4 Å². The molecular weight excluding hydrogens is 241 g/mol. The van der Waals surface area contributed by atoms with E-state index in [9.17, 15) is 4.39 Å². The van der Waals surface area contributed by atoms with Crippen molar-refractivity contribution in [3.8, 4) is 6.07 Å². The zero-order valence-corrected chi connectivity index (χ0v) is 10.9. The Morgan fingerprint density at radius 1 is 1.37 bits per heavy atom. The monoisotopic (exact) mass is 259 g/mol. The number of anilines is 1. The molecule has 1 atom stereocenters. The molecule has 1 unspecified atom stereocenters. The van der Waals surface area contributed by atoms with Crippen molar-refractivity contribution in [2.45, 2.75) is 25.3 Å². The van der Waals surface area contributed by atoms with Crippen molar-refractivity contribution >= 4 is 5.69 Å². The first-order valence-corrected chi connectivity index (χ1v) is 6.94. The highest BCUT2D eigenvalue weighted by Gasteiger charge is 2.34. The molecule has 1 heterocycles. The van der Waals surface area contributed by atoms with E-state index >= 15 is 0 Å². The zero-order chi connectivity index (χ0) is 13.2. The van der Waals surface area contributed by atoms with Crippen molar-refractivity contribution in [1.29, 1.82) is 5.26 Å². The van der Waals surface area contributed by atoms with E-state index in [0.717, 1.165) is 19.1 Å². The quantitative estimate of drug-likeness (QED) is 0.903. The van der Waals surface area contributed by atoms with Gasteiger partial charge in [-0.2, -0.15) is 5.26 Å². The van der Waals surface area contributed by atoms with Crippen molar-refractivity contribution in [2.75, 3.05) is 25.0 Å². The Bertz CT molecular complexity index is 505. The molecule has 0 bridgehead atoms. The van der Waals surface area contributed by atoms with E-state index in [1.807, 2.05) is 6.07 Å². The van der Waals surface area contributed by atoms with Crippen LogP contribution in [0.1, 0.15) is 24.8 Å². The number of nitrogens with one attached hydrogen (secondary N) is 1. The molecule has 2 fully saturated rings. The molecule has 4 heteroatoms.